The number of phenolic OH excluding ortho intramolecular Hbond substituents is 3. The third kappa shape index (κ3) is 3.87. The van der Waals surface area contributed by atoms with Gasteiger partial charge in [0.05, 0.1) is 13.7 Å². The van der Waals surface area contributed by atoms with Gasteiger partial charge in [0.1, 0.15) is 41.1 Å². The van der Waals surface area contributed by atoms with Gasteiger partial charge in [-0.3, -0.25) is 4.79 Å². The minimum atomic E-state index is -1.83. The normalized spacial score (nSPS) is 24.8. The van der Waals surface area contributed by atoms with Gasteiger partial charge in [0, 0.05) is 11.6 Å². The van der Waals surface area contributed by atoms with Crippen LogP contribution in [0.2, 0.25) is 0 Å². The Kier molecular flexibility index (Phi) is 6.25. The number of benzene rings is 2. The molecule has 1 fully saturated rings. The Labute approximate surface area is 191 Å². The Morgan fingerprint density at radius 3 is 2.26 bits per heavy atom. The molecule has 1 saturated heterocycles. The molecule has 7 N–H and O–H groups in total. The Morgan fingerprint density at radius 1 is 0.971 bits per heavy atom. The van der Waals surface area contributed by atoms with Crippen molar-refractivity contribution in [3.63, 3.8) is 0 Å². The molecule has 0 bridgehead atoms. The maximum absolute atomic E-state index is 13.4. The van der Waals surface area contributed by atoms with E-state index in [1.807, 2.05) is 0 Å². The molecule has 1 aliphatic rings. The zero-order valence-electron chi connectivity index (χ0n) is 17.7. The first-order valence-electron chi connectivity index (χ1n) is 10.0. The van der Waals surface area contributed by atoms with E-state index in [0.29, 0.717) is 0 Å². The number of aliphatic hydroxyl groups excluding tert-OH is 4. The zero-order chi connectivity index (χ0) is 24.7. The molecule has 0 radical (unpaired) electrons. The van der Waals surface area contributed by atoms with Gasteiger partial charge in [0.25, 0.3) is 0 Å². The Morgan fingerprint density at radius 2 is 1.65 bits per heavy atom. The van der Waals surface area contributed by atoms with Crippen molar-refractivity contribution < 1.29 is 54.4 Å². The number of ether oxygens (including phenoxy) is 3. The van der Waals surface area contributed by atoms with Gasteiger partial charge in [-0.2, -0.15) is 0 Å². The molecule has 1 aromatic heterocycles. The summed E-state index contributed by atoms with van der Waals surface area (Å²) in [5, 5.41) is 69.6. The Bertz CT molecular complexity index is 1250. The summed E-state index contributed by atoms with van der Waals surface area (Å²) >= 11 is 0. The number of phenols is 3. The molecule has 5 atom stereocenters. The molecule has 0 spiro atoms. The summed E-state index contributed by atoms with van der Waals surface area (Å²) in [6.07, 6.45) is -8.29. The van der Waals surface area contributed by atoms with Gasteiger partial charge in [-0.1, -0.05) is 0 Å². The fourth-order valence-corrected chi connectivity index (χ4v) is 3.68. The molecular formula is C22H22O12. The molecule has 0 saturated carbocycles. The lowest BCUT2D eigenvalue weighted by atomic mass is 9.99. The largest absolute Gasteiger partial charge is 0.508 e. The second-order valence-electron chi connectivity index (χ2n) is 7.60. The molecule has 12 heteroatoms. The van der Waals surface area contributed by atoms with Gasteiger partial charge in [0.15, 0.2) is 17.3 Å². The number of methoxy groups -OCH3 is 1. The molecule has 12 nitrogen and oxygen atoms in total. The Balaban J connectivity index is 1.93. The van der Waals surface area contributed by atoms with E-state index >= 15 is 0 Å². The van der Waals surface area contributed by atoms with Crippen LogP contribution in [0.3, 0.4) is 0 Å². The molecule has 34 heavy (non-hydrogen) atoms. The lowest BCUT2D eigenvalue weighted by Gasteiger charge is -2.39. The fraction of sp³-hybridized carbons (Fsp3) is 0.318. The van der Waals surface area contributed by atoms with Crippen molar-refractivity contribution >= 4 is 11.0 Å². The van der Waals surface area contributed by atoms with E-state index in [0.717, 1.165) is 6.07 Å². The Hall–Kier alpha value is -3.55. The highest BCUT2D eigenvalue weighted by atomic mass is 16.7. The number of aliphatic hydroxyl groups is 4. The summed E-state index contributed by atoms with van der Waals surface area (Å²) in [4.78, 5) is 13.4. The highest BCUT2D eigenvalue weighted by Crippen LogP contribution is 2.43. The molecule has 182 valence electrons. The van der Waals surface area contributed by atoms with E-state index in [-0.39, 0.29) is 22.7 Å². The van der Waals surface area contributed by atoms with Crippen LogP contribution in [0.4, 0.5) is 0 Å². The number of hydrogen-bond acceptors (Lipinski definition) is 12. The van der Waals surface area contributed by atoms with Crippen LogP contribution in [0.15, 0.2) is 39.5 Å². The van der Waals surface area contributed by atoms with E-state index in [2.05, 4.69) is 0 Å². The van der Waals surface area contributed by atoms with Crippen LogP contribution >= 0.6 is 0 Å². The van der Waals surface area contributed by atoms with E-state index < -0.39 is 71.1 Å². The van der Waals surface area contributed by atoms with Crippen molar-refractivity contribution in [2.45, 2.75) is 30.7 Å². The van der Waals surface area contributed by atoms with Crippen LogP contribution in [0, 0.1) is 0 Å². The minimum Gasteiger partial charge on any atom is -0.508 e. The van der Waals surface area contributed by atoms with Crippen LogP contribution in [0.5, 0.6) is 28.7 Å². The van der Waals surface area contributed by atoms with Crippen molar-refractivity contribution in [1.82, 2.24) is 0 Å². The molecular weight excluding hydrogens is 456 g/mol. The van der Waals surface area contributed by atoms with Gasteiger partial charge in [-0.25, -0.2) is 0 Å². The third-order valence-electron chi connectivity index (χ3n) is 5.47. The van der Waals surface area contributed by atoms with E-state index in [1.54, 1.807) is 0 Å². The van der Waals surface area contributed by atoms with Crippen molar-refractivity contribution in [3.05, 3.63) is 40.6 Å². The summed E-state index contributed by atoms with van der Waals surface area (Å²) in [5.74, 6) is -2.50. The maximum atomic E-state index is 13.4. The summed E-state index contributed by atoms with van der Waals surface area (Å²) < 4.78 is 21.6. The molecule has 3 aromatic rings. The maximum Gasteiger partial charge on any atom is 0.239 e. The lowest BCUT2D eigenvalue weighted by Crippen LogP contribution is -2.60. The molecule has 1 aliphatic heterocycles. The highest BCUT2D eigenvalue weighted by molar-refractivity contribution is 5.91. The molecule has 2 heterocycles. The second kappa shape index (κ2) is 9.00. The van der Waals surface area contributed by atoms with Crippen LogP contribution in [0.1, 0.15) is 0 Å². The average molecular weight is 478 g/mol. The summed E-state index contributed by atoms with van der Waals surface area (Å²) in [6, 6.07) is 6.45. The molecule has 2 aromatic carbocycles. The van der Waals surface area contributed by atoms with Crippen molar-refractivity contribution in [2.75, 3.05) is 13.7 Å². The molecule has 0 aliphatic carbocycles. The summed E-state index contributed by atoms with van der Waals surface area (Å²) in [5.41, 5.74) is -0.951. The van der Waals surface area contributed by atoms with Gasteiger partial charge in [-0.15, -0.1) is 0 Å². The van der Waals surface area contributed by atoms with Crippen LogP contribution in [-0.2, 0) is 4.74 Å². The average Bonchev–Trinajstić information content (AvgIpc) is 2.81. The van der Waals surface area contributed by atoms with Gasteiger partial charge in [0.2, 0.25) is 23.2 Å². The predicted octanol–water partition coefficient (Wildman–Crippen LogP) is -0.236. The molecule has 1 unspecified atom stereocenters. The smallest absolute Gasteiger partial charge is 0.239 e. The van der Waals surface area contributed by atoms with E-state index in [4.69, 9.17) is 18.6 Å². The number of aromatic hydroxyl groups is 3. The van der Waals surface area contributed by atoms with Gasteiger partial charge < -0.3 is 54.4 Å². The standard InChI is InChI=1S/C22H22O12/c1-31-20-10(25)6-11-13(15(20)27)16(28)21(19(32-11)8-2-4-9(24)5-3-8)34-22-18(30)17(29)14(26)12(7-23)33-22/h2-6,12,14,17-18,22-27,29-30H,7H2,1H3/t12-,14-,17+,18-,22?/m1/s1. The van der Waals surface area contributed by atoms with Gasteiger partial charge in [-0.05, 0) is 24.3 Å². The number of rotatable bonds is 5. The fourth-order valence-electron chi connectivity index (χ4n) is 3.68. The van der Waals surface area contributed by atoms with Crippen molar-refractivity contribution in [1.29, 1.82) is 0 Å². The summed E-state index contributed by atoms with van der Waals surface area (Å²) in [6.45, 7) is -0.723. The first kappa shape index (κ1) is 23.6. The quantitative estimate of drug-likeness (QED) is 0.254. The van der Waals surface area contributed by atoms with Crippen LogP contribution in [0.25, 0.3) is 22.3 Å². The first-order valence-corrected chi connectivity index (χ1v) is 10.0. The highest BCUT2D eigenvalue weighted by Gasteiger charge is 2.45. The number of hydrogen-bond donors (Lipinski definition) is 7. The second-order valence-corrected chi connectivity index (χ2v) is 7.60. The molecule has 0 amide bonds. The predicted molar refractivity (Wildman–Crippen MR) is 114 cm³/mol. The zero-order valence-corrected chi connectivity index (χ0v) is 17.7. The monoisotopic (exact) mass is 478 g/mol. The first-order chi connectivity index (χ1) is 16.2. The van der Waals surface area contributed by atoms with E-state index in [9.17, 15) is 40.5 Å². The SMILES string of the molecule is COc1c(O)cc2oc(-c3ccc(O)cc3)c(OC3O[C@H](CO)[C@@H](O)[C@H](O)[C@H]3O)c(=O)c2c1O. The topological polar surface area (TPSA) is 200 Å². The van der Waals surface area contributed by atoms with Crippen molar-refractivity contribution in [2.24, 2.45) is 0 Å². The third-order valence-corrected chi connectivity index (χ3v) is 5.47. The van der Waals surface area contributed by atoms with E-state index in [1.165, 1.54) is 31.4 Å². The molecule has 4 rings (SSSR count). The van der Waals surface area contributed by atoms with Crippen molar-refractivity contribution in [3.8, 4) is 40.1 Å². The minimum absolute atomic E-state index is 0.0803. The number of fused-ring (bicyclic) bond motifs is 1. The summed E-state index contributed by atoms with van der Waals surface area (Å²) in [7, 11) is 1.17. The van der Waals surface area contributed by atoms with Crippen LogP contribution in [-0.4, -0.2) is 80.2 Å². The lowest BCUT2D eigenvalue weighted by molar-refractivity contribution is -0.277. The van der Waals surface area contributed by atoms with Gasteiger partial charge >= 0.3 is 0 Å². The van der Waals surface area contributed by atoms with Crippen LogP contribution < -0.4 is 14.9 Å².